The van der Waals surface area contributed by atoms with E-state index in [-0.39, 0.29) is 17.1 Å². The van der Waals surface area contributed by atoms with Gasteiger partial charge in [0.1, 0.15) is 11.9 Å². The molecule has 0 fully saturated rings. The molecule has 1 heterocycles. The highest BCUT2D eigenvalue weighted by atomic mass is 19.4. The number of nitrogens with zero attached hydrogens (tertiary/aromatic N) is 1. The van der Waals surface area contributed by atoms with Crippen molar-refractivity contribution in [2.75, 3.05) is 0 Å². The van der Waals surface area contributed by atoms with E-state index < -0.39 is 17.7 Å². The summed E-state index contributed by atoms with van der Waals surface area (Å²) in [6.07, 6.45) is -1.42. The van der Waals surface area contributed by atoms with E-state index in [9.17, 15) is 18.0 Å². The normalized spacial score (nSPS) is 12.9. The van der Waals surface area contributed by atoms with Gasteiger partial charge >= 0.3 is 12.1 Å². The predicted octanol–water partition coefficient (Wildman–Crippen LogP) is 7.41. The topological polar surface area (TPSA) is 59.4 Å². The number of aromatic nitrogens is 1. The number of hydrogen-bond donors (Lipinski definition) is 1. The summed E-state index contributed by atoms with van der Waals surface area (Å²) in [5, 5.41) is 9.08. The van der Waals surface area contributed by atoms with Crippen LogP contribution in [0.15, 0.2) is 66.9 Å². The Kier molecular flexibility index (Phi) is 7.10. The molecule has 0 bridgehead atoms. The van der Waals surface area contributed by atoms with Crippen LogP contribution in [-0.4, -0.2) is 16.1 Å². The number of halogens is 3. The number of benzene rings is 2. The Balaban J connectivity index is 1.81. The Bertz CT molecular complexity index is 1070. The molecule has 0 amide bonds. The van der Waals surface area contributed by atoms with E-state index in [0.717, 1.165) is 24.1 Å². The van der Waals surface area contributed by atoms with E-state index in [4.69, 9.17) is 9.84 Å². The molecule has 3 rings (SSSR count). The van der Waals surface area contributed by atoms with Crippen molar-refractivity contribution in [3.05, 3.63) is 83.6 Å². The quantitative estimate of drug-likeness (QED) is 0.401. The highest BCUT2D eigenvalue weighted by Gasteiger charge is 2.30. The number of aromatic carboxylic acids is 1. The van der Waals surface area contributed by atoms with Crippen molar-refractivity contribution in [2.45, 2.75) is 45.9 Å². The fraction of sp³-hybridized carbons (Fsp3) is 0.308. The first kappa shape index (κ1) is 24.3. The lowest BCUT2D eigenvalue weighted by Gasteiger charge is -2.24. The molecular weight excluding hydrogens is 431 g/mol. The van der Waals surface area contributed by atoms with Crippen molar-refractivity contribution >= 4 is 5.97 Å². The monoisotopic (exact) mass is 457 g/mol. The van der Waals surface area contributed by atoms with Crippen molar-refractivity contribution < 1.29 is 27.8 Å². The molecule has 0 radical (unpaired) electrons. The van der Waals surface area contributed by atoms with Crippen LogP contribution < -0.4 is 4.74 Å². The number of carbonyl (C=O) groups is 1. The van der Waals surface area contributed by atoms with Gasteiger partial charge in [0.05, 0.1) is 16.8 Å². The van der Waals surface area contributed by atoms with Crippen molar-refractivity contribution in [2.24, 2.45) is 5.41 Å². The molecule has 0 aliphatic rings. The molecule has 4 nitrogen and oxygen atoms in total. The van der Waals surface area contributed by atoms with E-state index in [1.165, 1.54) is 24.3 Å². The third-order valence-corrected chi connectivity index (χ3v) is 5.20. The fourth-order valence-corrected chi connectivity index (χ4v) is 3.29. The maximum atomic E-state index is 12.8. The summed E-state index contributed by atoms with van der Waals surface area (Å²) in [7, 11) is 0. The molecule has 0 spiro atoms. The van der Waals surface area contributed by atoms with Crippen LogP contribution in [0.2, 0.25) is 0 Å². The second-order valence-corrected chi connectivity index (χ2v) is 9.09. The number of pyridine rings is 1. The van der Waals surface area contributed by atoms with E-state index in [2.05, 4.69) is 25.8 Å². The fourth-order valence-electron chi connectivity index (χ4n) is 3.29. The van der Waals surface area contributed by atoms with Crippen molar-refractivity contribution in [3.63, 3.8) is 0 Å². The first-order valence-corrected chi connectivity index (χ1v) is 10.6. The Labute approximate surface area is 191 Å². The zero-order chi connectivity index (χ0) is 24.2. The van der Waals surface area contributed by atoms with Gasteiger partial charge in [0.25, 0.3) is 0 Å². The summed E-state index contributed by atoms with van der Waals surface area (Å²) in [5.74, 6) is -0.459. The lowest BCUT2D eigenvalue weighted by molar-refractivity contribution is -0.137. The molecule has 7 heteroatoms. The molecule has 0 saturated heterocycles. The van der Waals surface area contributed by atoms with Gasteiger partial charge in [-0.15, -0.1) is 0 Å². The van der Waals surface area contributed by atoms with Gasteiger partial charge in [-0.25, -0.2) is 4.79 Å². The lowest BCUT2D eigenvalue weighted by atomic mass is 9.88. The summed E-state index contributed by atoms with van der Waals surface area (Å²) in [5.41, 5.74) is 1.54. The van der Waals surface area contributed by atoms with E-state index in [1.54, 1.807) is 24.4 Å². The second kappa shape index (κ2) is 9.65. The Hall–Kier alpha value is -3.35. The molecule has 1 atom stereocenters. The smallest absolute Gasteiger partial charge is 0.416 e. The second-order valence-electron chi connectivity index (χ2n) is 9.09. The van der Waals surface area contributed by atoms with Crippen molar-refractivity contribution in [3.8, 4) is 17.0 Å². The van der Waals surface area contributed by atoms with Gasteiger partial charge in [-0.2, -0.15) is 13.2 Å². The van der Waals surface area contributed by atoms with Gasteiger partial charge in [-0.1, -0.05) is 39.0 Å². The van der Waals surface area contributed by atoms with Crippen molar-refractivity contribution in [1.29, 1.82) is 0 Å². The third kappa shape index (κ3) is 6.81. The highest BCUT2D eigenvalue weighted by molar-refractivity contribution is 5.87. The maximum Gasteiger partial charge on any atom is 0.416 e. The number of carboxylic acid groups (broad SMARTS) is 1. The Morgan fingerprint density at radius 2 is 1.61 bits per heavy atom. The molecule has 0 saturated carbocycles. The van der Waals surface area contributed by atoms with Gasteiger partial charge in [-0.05, 0) is 60.7 Å². The summed E-state index contributed by atoms with van der Waals surface area (Å²) in [6, 6.07) is 14.7. The molecular formula is C26H26F3NO3. The molecule has 1 N–H and O–H groups in total. The van der Waals surface area contributed by atoms with E-state index >= 15 is 0 Å². The lowest BCUT2D eigenvalue weighted by Crippen LogP contribution is -2.13. The average Bonchev–Trinajstić information content (AvgIpc) is 2.76. The summed E-state index contributed by atoms with van der Waals surface area (Å²) in [4.78, 5) is 15.5. The summed E-state index contributed by atoms with van der Waals surface area (Å²) in [6.45, 7) is 6.41. The van der Waals surface area contributed by atoms with E-state index in [0.29, 0.717) is 23.4 Å². The standard InChI is InChI=1S/C26H26F3NO3/c1-25(2,3)15-14-23(33-21-11-6-18(7-12-21)24(31)32)19-8-13-22(30-16-19)17-4-9-20(10-5-17)26(27,28)29/h4-13,16,23H,14-15H2,1-3H3,(H,31,32). The molecule has 3 aromatic rings. The van der Waals surface area contributed by atoms with Crippen LogP contribution in [-0.2, 0) is 6.18 Å². The maximum absolute atomic E-state index is 12.8. The minimum absolute atomic E-state index is 0.0857. The molecule has 33 heavy (non-hydrogen) atoms. The van der Waals surface area contributed by atoms with Gasteiger partial charge in [-0.3, -0.25) is 4.98 Å². The Morgan fingerprint density at radius 1 is 0.970 bits per heavy atom. The van der Waals surface area contributed by atoms with Crippen LogP contribution in [0.25, 0.3) is 11.3 Å². The molecule has 0 aliphatic carbocycles. The summed E-state index contributed by atoms with van der Waals surface area (Å²) >= 11 is 0. The highest BCUT2D eigenvalue weighted by Crippen LogP contribution is 2.33. The number of rotatable bonds is 7. The number of alkyl halides is 3. The minimum atomic E-state index is -4.38. The number of ether oxygens (including phenoxy) is 1. The van der Waals surface area contributed by atoms with Crippen LogP contribution in [0.3, 0.4) is 0 Å². The first-order valence-electron chi connectivity index (χ1n) is 10.6. The molecule has 0 aliphatic heterocycles. The van der Waals surface area contributed by atoms with Gasteiger partial charge in [0, 0.05) is 17.3 Å². The van der Waals surface area contributed by atoms with Gasteiger partial charge in [0.15, 0.2) is 0 Å². The average molecular weight is 457 g/mol. The summed E-state index contributed by atoms with van der Waals surface area (Å²) < 4.78 is 44.6. The van der Waals surface area contributed by atoms with Gasteiger partial charge < -0.3 is 9.84 Å². The van der Waals surface area contributed by atoms with Crippen LogP contribution in [0.5, 0.6) is 5.75 Å². The predicted molar refractivity (Wildman–Crippen MR) is 120 cm³/mol. The minimum Gasteiger partial charge on any atom is -0.486 e. The number of hydrogen-bond acceptors (Lipinski definition) is 3. The number of carboxylic acids is 1. The molecule has 2 aromatic carbocycles. The molecule has 174 valence electrons. The van der Waals surface area contributed by atoms with E-state index in [1.807, 2.05) is 6.07 Å². The van der Waals surface area contributed by atoms with Crippen LogP contribution in [0.4, 0.5) is 13.2 Å². The van der Waals surface area contributed by atoms with Gasteiger partial charge in [0.2, 0.25) is 0 Å². The Morgan fingerprint density at radius 3 is 2.09 bits per heavy atom. The van der Waals surface area contributed by atoms with Crippen LogP contribution >= 0.6 is 0 Å². The van der Waals surface area contributed by atoms with Crippen LogP contribution in [0.1, 0.15) is 61.2 Å². The molecule has 1 aromatic heterocycles. The zero-order valence-corrected chi connectivity index (χ0v) is 18.7. The SMILES string of the molecule is CC(C)(C)CCC(Oc1ccc(C(=O)O)cc1)c1ccc(-c2ccc(C(F)(F)F)cc2)nc1. The first-order chi connectivity index (χ1) is 15.4. The third-order valence-electron chi connectivity index (χ3n) is 5.20. The zero-order valence-electron chi connectivity index (χ0n) is 18.7. The van der Waals surface area contributed by atoms with Crippen LogP contribution in [0, 0.1) is 5.41 Å². The van der Waals surface area contributed by atoms with Crippen molar-refractivity contribution in [1.82, 2.24) is 4.98 Å². The largest absolute Gasteiger partial charge is 0.486 e. The molecule has 1 unspecified atom stereocenters.